The Labute approximate surface area is 164 Å². The molecule has 4 rings (SSSR count). The fourth-order valence-corrected chi connectivity index (χ4v) is 4.98. The van der Waals surface area contributed by atoms with Crippen LogP contribution in [0.5, 0.6) is 5.75 Å². The molecule has 148 valence electrons. The number of aromatic nitrogens is 4. The minimum atomic E-state index is -1.93. The summed E-state index contributed by atoms with van der Waals surface area (Å²) in [5, 5.41) is 7.85. The minimum Gasteiger partial charge on any atom is -0.495 e. The first-order valence-electron chi connectivity index (χ1n) is 9.33. The molecule has 28 heavy (non-hydrogen) atoms. The molecule has 2 aromatic heterocycles. The number of nitrogens with one attached hydrogen (secondary N) is 1. The van der Waals surface area contributed by atoms with Crippen molar-refractivity contribution in [1.82, 2.24) is 24.5 Å². The molecule has 0 spiro atoms. The molecule has 1 fully saturated rings. The number of nitrogens with zero attached hydrogens (tertiary/aromatic N) is 5. The molecule has 3 heterocycles. The lowest BCUT2D eigenvalue weighted by molar-refractivity contribution is 0.282. The molecular weight excluding hydrogens is 375 g/mol. The smallest absolute Gasteiger partial charge is 0.245 e. The van der Waals surface area contributed by atoms with E-state index >= 15 is 0 Å². The topological polar surface area (TPSA) is 84.6 Å². The van der Waals surface area contributed by atoms with Gasteiger partial charge in [0.2, 0.25) is 5.95 Å². The van der Waals surface area contributed by atoms with Crippen LogP contribution in [0.2, 0.25) is 0 Å². The Hall–Kier alpha value is -2.44. The van der Waals surface area contributed by atoms with Crippen LogP contribution in [0.1, 0.15) is 11.3 Å². The largest absolute Gasteiger partial charge is 0.495 e. The molecule has 0 saturated carbocycles. The normalized spacial score (nSPS) is 17.0. The summed E-state index contributed by atoms with van der Waals surface area (Å²) in [6.07, 6.45) is 5.09. The number of hydrogen-bond donors (Lipinski definition) is 1. The zero-order valence-corrected chi connectivity index (χ0v) is 17.3. The maximum atomic E-state index is 12.2. The van der Waals surface area contributed by atoms with E-state index in [1.807, 2.05) is 42.5 Å². The van der Waals surface area contributed by atoms with Crippen molar-refractivity contribution < 1.29 is 9.30 Å². The monoisotopic (exact) mass is 400 g/mol. The van der Waals surface area contributed by atoms with Gasteiger partial charge in [0.1, 0.15) is 5.75 Å². The van der Waals surface area contributed by atoms with E-state index in [-0.39, 0.29) is 0 Å². The van der Waals surface area contributed by atoms with Crippen LogP contribution in [-0.4, -0.2) is 63.7 Å². The predicted molar refractivity (Wildman–Crippen MR) is 110 cm³/mol. The van der Waals surface area contributed by atoms with Gasteiger partial charge in [0.25, 0.3) is 0 Å². The number of rotatable bonds is 5. The highest BCUT2D eigenvalue weighted by atomic mass is 31.2. The summed E-state index contributed by atoms with van der Waals surface area (Å²) >= 11 is 0. The molecule has 0 amide bonds. The molecule has 0 unspecified atom stereocenters. The molecule has 0 atom stereocenters. The number of imidazole rings is 1. The first kappa shape index (κ1) is 18.9. The Bertz CT molecular complexity index is 1040. The van der Waals surface area contributed by atoms with Gasteiger partial charge in [-0.15, -0.1) is 5.10 Å². The van der Waals surface area contributed by atoms with E-state index in [0.717, 1.165) is 54.7 Å². The highest BCUT2D eigenvalue weighted by Crippen LogP contribution is 2.43. The van der Waals surface area contributed by atoms with Crippen molar-refractivity contribution in [2.24, 2.45) is 0 Å². The van der Waals surface area contributed by atoms with E-state index in [2.05, 4.69) is 25.3 Å². The van der Waals surface area contributed by atoms with Gasteiger partial charge < -0.3 is 14.6 Å². The van der Waals surface area contributed by atoms with E-state index in [1.54, 1.807) is 13.3 Å². The van der Waals surface area contributed by atoms with Crippen molar-refractivity contribution in [3.05, 3.63) is 41.9 Å². The number of methoxy groups -OCH3 is 1. The Morgan fingerprint density at radius 3 is 2.75 bits per heavy atom. The molecule has 0 aliphatic carbocycles. The average Bonchev–Trinajstić information content (AvgIpc) is 3.07. The minimum absolute atomic E-state index is 0.477. The van der Waals surface area contributed by atoms with Crippen molar-refractivity contribution >= 4 is 24.4 Å². The summed E-state index contributed by atoms with van der Waals surface area (Å²) in [5.74, 6) is 1.22. The van der Waals surface area contributed by atoms with Crippen molar-refractivity contribution in [1.29, 1.82) is 0 Å². The summed E-state index contributed by atoms with van der Waals surface area (Å²) in [6.45, 7) is 6.34. The molecule has 1 aliphatic heterocycles. The SMILES string of the molecule is COc1cc(C)ccc1Nc1ncc2ncc(CN3CCP(C)(=O)CC3)n2n1. The van der Waals surface area contributed by atoms with Crippen molar-refractivity contribution in [3.8, 4) is 5.75 Å². The molecule has 8 nitrogen and oxygen atoms in total. The van der Waals surface area contributed by atoms with Gasteiger partial charge in [-0.05, 0) is 31.3 Å². The van der Waals surface area contributed by atoms with Crippen LogP contribution >= 0.6 is 7.14 Å². The molecule has 0 radical (unpaired) electrons. The number of fused-ring (bicyclic) bond motifs is 1. The second kappa shape index (κ2) is 7.53. The standard InChI is InChI=1S/C19H25N6O2P/c1-14-4-5-16(17(10-14)27-2)22-19-21-12-18-20-11-15(25(18)23-19)13-24-6-8-28(3,26)9-7-24/h4-5,10-12H,6-9,13H2,1-3H3,(H,22,23). The lowest BCUT2D eigenvalue weighted by Crippen LogP contribution is -2.34. The van der Waals surface area contributed by atoms with E-state index in [0.29, 0.717) is 11.6 Å². The fourth-order valence-electron chi connectivity index (χ4n) is 3.34. The Morgan fingerprint density at radius 1 is 1.21 bits per heavy atom. The van der Waals surface area contributed by atoms with E-state index in [4.69, 9.17) is 4.74 Å². The van der Waals surface area contributed by atoms with Gasteiger partial charge >= 0.3 is 0 Å². The number of aryl methyl sites for hydroxylation is 1. The molecule has 9 heteroatoms. The van der Waals surface area contributed by atoms with E-state index in [9.17, 15) is 4.57 Å². The van der Waals surface area contributed by atoms with Gasteiger partial charge in [-0.25, -0.2) is 14.5 Å². The fraction of sp³-hybridized carbons (Fsp3) is 0.421. The zero-order chi connectivity index (χ0) is 19.7. The quantitative estimate of drug-likeness (QED) is 0.659. The summed E-state index contributed by atoms with van der Waals surface area (Å²) < 4.78 is 19.5. The lowest BCUT2D eigenvalue weighted by atomic mass is 10.2. The third-order valence-corrected chi connectivity index (χ3v) is 7.39. The second-order valence-electron chi connectivity index (χ2n) is 7.45. The van der Waals surface area contributed by atoms with Gasteiger partial charge in [0.05, 0.1) is 38.0 Å². The lowest BCUT2D eigenvalue weighted by Gasteiger charge is -2.29. The van der Waals surface area contributed by atoms with E-state index in [1.165, 1.54) is 0 Å². The van der Waals surface area contributed by atoms with Gasteiger partial charge in [0.15, 0.2) is 5.65 Å². The second-order valence-corrected chi connectivity index (χ2v) is 10.9. The molecule has 1 N–H and O–H groups in total. The van der Waals surface area contributed by atoms with Crippen LogP contribution in [-0.2, 0) is 11.1 Å². The summed E-state index contributed by atoms with van der Waals surface area (Å²) in [4.78, 5) is 11.1. The summed E-state index contributed by atoms with van der Waals surface area (Å²) in [5.41, 5.74) is 3.62. The van der Waals surface area contributed by atoms with Crippen molar-refractivity contribution in [2.75, 3.05) is 44.5 Å². The number of ether oxygens (including phenoxy) is 1. The van der Waals surface area contributed by atoms with Crippen LogP contribution < -0.4 is 10.1 Å². The number of hydrogen-bond acceptors (Lipinski definition) is 7. The number of anilines is 2. The maximum Gasteiger partial charge on any atom is 0.245 e. The Morgan fingerprint density at radius 2 is 2.00 bits per heavy atom. The first-order chi connectivity index (χ1) is 13.4. The van der Waals surface area contributed by atoms with Crippen molar-refractivity contribution in [2.45, 2.75) is 13.5 Å². The third kappa shape index (κ3) is 4.03. The van der Waals surface area contributed by atoms with Crippen molar-refractivity contribution in [3.63, 3.8) is 0 Å². The molecule has 1 aromatic carbocycles. The summed E-state index contributed by atoms with van der Waals surface area (Å²) in [7, 11) is -0.287. The van der Waals surface area contributed by atoms with Gasteiger partial charge in [-0.3, -0.25) is 4.90 Å². The van der Waals surface area contributed by atoms with Gasteiger partial charge in [-0.1, -0.05) is 6.07 Å². The molecular formula is C19H25N6O2P. The molecule has 1 aliphatic rings. The molecule has 1 saturated heterocycles. The van der Waals surface area contributed by atoms with Crippen LogP contribution in [0.4, 0.5) is 11.6 Å². The highest BCUT2D eigenvalue weighted by molar-refractivity contribution is 7.63. The van der Waals surface area contributed by atoms with Crippen LogP contribution in [0.15, 0.2) is 30.6 Å². The maximum absolute atomic E-state index is 12.2. The predicted octanol–water partition coefficient (Wildman–Crippen LogP) is 2.99. The summed E-state index contributed by atoms with van der Waals surface area (Å²) in [6, 6.07) is 5.93. The third-order valence-electron chi connectivity index (χ3n) is 5.10. The Kier molecular flexibility index (Phi) is 5.08. The molecule has 3 aromatic rings. The number of benzene rings is 1. The van der Waals surface area contributed by atoms with Crippen LogP contribution in [0.3, 0.4) is 0 Å². The van der Waals surface area contributed by atoms with Gasteiger partial charge in [-0.2, -0.15) is 0 Å². The van der Waals surface area contributed by atoms with Crippen LogP contribution in [0.25, 0.3) is 5.65 Å². The highest BCUT2D eigenvalue weighted by Gasteiger charge is 2.24. The Balaban J connectivity index is 1.56. The zero-order valence-electron chi connectivity index (χ0n) is 16.4. The van der Waals surface area contributed by atoms with E-state index < -0.39 is 7.14 Å². The molecule has 0 bridgehead atoms. The average molecular weight is 400 g/mol. The van der Waals surface area contributed by atoms with Crippen LogP contribution in [0, 0.1) is 6.92 Å². The van der Waals surface area contributed by atoms with Gasteiger partial charge in [0, 0.05) is 32.0 Å². The first-order valence-corrected chi connectivity index (χ1v) is 11.9.